The number of phenols is 1. The number of phenolic OH excluding ortho intramolecular Hbond substituents is 1. The number of aromatic nitrogens is 2. The lowest BCUT2D eigenvalue weighted by atomic mass is 10.1. The van der Waals surface area contributed by atoms with Crippen LogP contribution in [0.3, 0.4) is 0 Å². The Morgan fingerprint density at radius 3 is 2.93 bits per heavy atom. The van der Waals surface area contributed by atoms with Crippen molar-refractivity contribution in [3.8, 4) is 17.0 Å². The predicted molar refractivity (Wildman–Crippen MR) is 58.2 cm³/mol. The number of aryl methyl sites for hydroxylation is 1. The van der Waals surface area contributed by atoms with Crippen molar-refractivity contribution in [1.82, 2.24) is 9.78 Å². The summed E-state index contributed by atoms with van der Waals surface area (Å²) in [7, 11) is 1.86. The lowest BCUT2D eigenvalue weighted by Gasteiger charge is -2.05. The van der Waals surface area contributed by atoms with Crippen LogP contribution in [0.5, 0.6) is 5.75 Å². The van der Waals surface area contributed by atoms with E-state index in [2.05, 4.69) is 5.10 Å². The highest BCUT2D eigenvalue weighted by atomic mass is 16.3. The minimum absolute atomic E-state index is 0.247. The predicted octanol–water partition coefficient (Wildman–Crippen LogP) is 1.25. The van der Waals surface area contributed by atoms with E-state index in [0.29, 0.717) is 6.54 Å². The second-order valence-corrected chi connectivity index (χ2v) is 3.40. The molecule has 0 saturated carbocycles. The summed E-state index contributed by atoms with van der Waals surface area (Å²) in [6.07, 6.45) is 1.75. The topological polar surface area (TPSA) is 64.1 Å². The van der Waals surface area contributed by atoms with E-state index in [1.807, 2.05) is 13.1 Å². The van der Waals surface area contributed by atoms with Gasteiger partial charge in [0, 0.05) is 24.7 Å². The molecule has 3 N–H and O–H groups in total. The molecule has 1 aromatic heterocycles. The van der Waals surface area contributed by atoms with Crippen LogP contribution in [0.1, 0.15) is 5.56 Å². The van der Waals surface area contributed by atoms with Crippen LogP contribution < -0.4 is 5.73 Å². The Bertz CT molecular complexity index is 476. The molecule has 0 atom stereocenters. The Labute approximate surface area is 88.0 Å². The van der Waals surface area contributed by atoms with Gasteiger partial charge in [-0.3, -0.25) is 4.68 Å². The van der Waals surface area contributed by atoms with E-state index < -0.39 is 0 Å². The molecule has 78 valence electrons. The van der Waals surface area contributed by atoms with Crippen LogP contribution in [0.2, 0.25) is 0 Å². The molecule has 0 spiro atoms. The summed E-state index contributed by atoms with van der Waals surface area (Å²) in [4.78, 5) is 0. The van der Waals surface area contributed by atoms with Crippen molar-refractivity contribution in [2.75, 3.05) is 0 Å². The van der Waals surface area contributed by atoms with Gasteiger partial charge in [-0.25, -0.2) is 0 Å². The Hall–Kier alpha value is -1.81. The van der Waals surface area contributed by atoms with E-state index in [-0.39, 0.29) is 5.75 Å². The first-order valence-electron chi connectivity index (χ1n) is 4.72. The smallest absolute Gasteiger partial charge is 0.116 e. The van der Waals surface area contributed by atoms with Crippen LogP contribution in [-0.2, 0) is 13.6 Å². The van der Waals surface area contributed by atoms with Gasteiger partial charge >= 0.3 is 0 Å². The number of rotatable bonds is 2. The van der Waals surface area contributed by atoms with Gasteiger partial charge < -0.3 is 10.8 Å². The minimum Gasteiger partial charge on any atom is -0.508 e. The van der Waals surface area contributed by atoms with Crippen molar-refractivity contribution in [2.24, 2.45) is 12.8 Å². The van der Waals surface area contributed by atoms with Crippen molar-refractivity contribution in [1.29, 1.82) is 0 Å². The number of hydrogen-bond donors (Lipinski definition) is 2. The summed E-state index contributed by atoms with van der Waals surface area (Å²) in [5.74, 6) is 0.247. The molecule has 2 aromatic rings. The molecule has 0 bridgehead atoms. The maximum absolute atomic E-state index is 9.41. The van der Waals surface area contributed by atoms with E-state index in [0.717, 1.165) is 16.8 Å². The molecule has 1 heterocycles. The van der Waals surface area contributed by atoms with Gasteiger partial charge in [-0.2, -0.15) is 5.10 Å². The van der Waals surface area contributed by atoms with Gasteiger partial charge in [-0.15, -0.1) is 0 Å². The van der Waals surface area contributed by atoms with Crippen LogP contribution >= 0.6 is 0 Å². The maximum atomic E-state index is 9.41. The van der Waals surface area contributed by atoms with Crippen LogP contribution in [-0.4, -0.2) is 14.9 Å². The standard InChI is InChI=1S/C11H13N3O/c1-14-11(9(6-12)7-13-14)8-3-2-4-10(15)5-8/h2-5,7,15H,6,12H2,1H3. The molecule has 0 aliphatic heterocycles. The number of aromatic hydroxyl groups is 1. The highest BCUT2D eigenvalue weighted by Gasteiger charge is 2.09. The Morgan fingerprint density at radius 1 is 1.47 bits per heavy atom. The summed E-state index contributed by atoms with van der Waals surface area (Å²) >= 11 is 0. The molecule has 1 aromatic carbocycles. The first-order valence-corrected chi connectivity index (χ1v) is 4.72. The van der Waals surface area contributed by atoms with Gasteiger partial charge in [0.25, 0.3) is 0 Å². The minimum atomic E-state index is 0.247. The van der Waals surface area contributed by atoms with Gasteiger partial charge in [0.05, 0.1) is 11.9 Å². The summed E-state index contributed by atoms with van der Waals surface area (Å²) in [5.41, 5.74) is 8.48. The molecule has 0 unspecified atom stereocenters. The first kappa shape index (κ1) is 9.73. The average molecular weight is 203 g/mol. The largest absolute Gasteiger partial charge is 0.508 e. The fraction of sp³-hybridized carbons (Fsp3) is 0.182. The van der Waals surface area contributed by atoms with Gasteiger partial charge in [-0.1, -0.05) is 12.1 Å². The summed E-state index contributed by atoms with van der Waals surface area (Å²) in [5, 5.41) is 13.6. The highest BCUT2D eigenvalue weighted by molar-refractivity contribution is 5.64. The third-order valence-corrected chi connectivity index (χ3v) is 2.35. The first-order chi connectivity index (χ1) is 7.22. The fourth-order valence-electron chi connectivity index (χ4n) is 1.66. The normalized spacial score (nSPS) is 10.5. The molecule has 4 nitrogen and oxygen atoms in total. The number of nitrogens with two attached hydrogens (primary N) is 1. The molecule has 2 rings (SSSR count). The van der Waals surface area contributed by atoms with Crippen molar-refractivity contribution in [2.45, 2.75) is 6.54 Å². The lowest BCUT2D eigenvalue weighted by molar-refractivity contribution is 0.475. The zero-order valence-electron chi connectivity index (χ0n) is 8.51. The number of benzene rings is 1. The third kappa shape index (κ3) is 1.71. The van der Waals surface area contributed by atoms with Gasteiger partial charge in [0.2, 0.25) is 0 Å². The molecule has 0 amide bonds. The summed E-state index contributed by atoms with van der Waals surface area (Å²) in [6.45, 7) is 0.443. The van der Waals surface area contributed by atoms with E-state index in [1.165, 1.54) is 0 Å². The molecule has 0 aliphatic carbocycles. The molecule has 0 radical (unpaired) electrons. The van der Waals surface area contributed by atoms with Crippen LogP contribution in [0.15, 0.2) is 30.5 Å². The molecule has 4 heteroatoms. The average Bonchev–Trinajstić information content (AvgIpc) is 2.59. The zero-order chi connectivity index (χ0) is 10.8. The van der Waals surface area contributed by atoms with Crippen molar-refractivity contribution >= 4 is 0 Å². The molecule has 0 saturated heterocycles. The van der Waals surface area contributed by atoms with Gasteiger partial charge in [-0.05, 0) is 12.1 Å². The van der Waals surface area contributed by atoms with Crippen LogP contribution in [0.25, 0.3) is 11.3 Å². The van der Waals surface area contributed by atoms with Gasteiger partial charge in [0.1, 0.15) is 5.75 Å². The molecular formula is C11H13N3O. The van der Waals surface area contributed by atoms with Crippen LogP contribution in [0.4, 0.5) is 0 Å². The molecule has 0 aliphatic rings. The Balaban J connectivity index is 2.57. The summed E-state index contributed by atoms with van der Waals surface area (Å²) < 4.78 is 1.76. The second kappa shape index (κ2) is 3.74. The van der Waals surface area contributed by atoms with E-state index >= 15 is 0 Å². The van der Waals surface area contributed by atoms with E-state index in [4.69, 9.17) is 5.73 Å². The number of nitrogens with zero attached hydrogens (tertiary/aromatic N) is 2. The fourth-order valence-corrected chi connectivity index (χ4v) is 1.66. The van der Waals surface area contributed by atoms with E-state index in [1.54, 1.807) is 29.1 Å². The Kier molecular flexibility index (Phi) is 2.43. The summed E-state index contributed by atoms with van der Waals surface area (Å²) in [6, 6.07) is 7.08. The van der Waals surface area contributed by atoms with Crippen molar-refractivity contribution in [3.05, 3.63) is 36.0 Å². The van der Waals surface area contributed by atoms with Crippen molar-refractivity contribution < 1.29 is 5.11 Å². The van der Waals surface area contributed by atoms with Crippen LogP contribution in [0, 0.1) is 0 Å². The van der Waals surface area contributed by atoms with Gasteiger partial charge in [0.15, 0.2) is 0 Å². The maximum Gasteiger partial charge on any atom is 0.116 e. The number of hydrogen-bond acceptors (Lipinski definition) is 3. The quantitative estimate of drug-likeness (QED) is 0.772. The molecule has 15 heavy (non-hydrogen) atoms. The second-order valence-electron chi connectivity index (χ2n) is 3.40. The molecule has 0 fully saturated rings. The highest BCUT2D eigenvalue weighted by Crippen LogP contribution is 2.25. The Morgan fingerprint density at radius 2 is 2.27 bits per heavy atom. The zero-order valence-corrected chi connectivity index (χ0v) is 8.51. The van der Waals surface area contributed by atoms with E-state index in [9.17, 15) is 5.11 Å². The SMILES string of the molecule is Cn1ncc(CN)c1-c1cccc(O)c1. The lowest BCUT2D eigenvalue weighted by Crippen LogP contribution is -1.99. The monoisotopic (exact) mass is 203 g/mol. The molecular weight excluding hydrogens is 190 g/mol. The third-order valence-electron chi connectivity index (χ3n) is 2.35. The van der Waals surface area contributed by atoms with Crippen molar-refractivity contribution in [3.63, 3.8) is 0 Å².